The quantitative estimate of drug-likeness (QED) is 0.904. The molecule has 0 aliphatic heterocycles. The maximum atomic E-state index is 4.33. The van der Waals surface area contributed by atoms with E-state index in [2.05, 4.69) is 27.4 Å². The van der Waals surface area contributed by atoms with Crippen LogP contribution in [0.2, 0.25) is 0 Å². The number of nitrogens with zero attached hydrogens (tertiary/aromatic N) is 4. The Balaban J connectivity index is 2.13. The van der Waals surface area contributed by atoms with E-state index in [-0.39, 0.29) is 0 Å². The predicted molar refractivity (Wildman–Crippen MR) is 74.1 cm³/mol. The summed E-state index contributed by atoms with van der Waals surface area (Å²) in [6, 6.07) is 0. The van der Waals surface area contributed by atoms with Gasteiger partial charge in [-0.1, -0.05) is 29.6 Å². The van der Waals surface area contributed by atoms with E-state index in [9.17, 15) is 0 Å². The number of hydrogen-bond donors (Lipinski definition) is 1. The fourth-order valence-corrected chi connectivity index (χ4v) is 2.84. The van der Waals surface area contributed by atoms with Crippen LogP contribution in [0.3, 0.4) is 0 Å². The smallest absolute Gasteiger partial charge is 0.206 e. The lowest BCUT2D eigenvalue weighted by molar-refractivity contribution is 0.964. The maximum Gasteiger partial charge on any atom is 0.206 e. The van der Waals surface area contributed by atoms with Crippen LogP contribution >= 0.6 is 22.7 Å². The summed E-state index contributed by atoms with van der Waals surface area (Å²) in [6.07, 6.45) is 2.93. The van der Waals surface area contributed by atoms with Gasteiger partial charge in [0.2, 0.25) is 5.13 Å². The Morgan fingerprint density at radius 2 is 2.12 bits per heavy atom. The number of rotatable bonds is 5. The largest absolute Gasteiger partial charge is 0.360 e. The summed E-state index contributed by atoms with van der Waals surface area (Å²) >= 11 is 3.20. The van der Waals surface area contributed by atoms with Crippen molar-refractivity contribution in [3.63, 3.8) is 0 Å². The minimum absolute atomic E-state index is 0.877. The molecule has 0 atom stereocenters. The molecule has 92 valence electrons. The molecule has 0 aliphatic rings. The lowest BCUT2D eigenvalue weighted by Crippen LogP contribution is -2.07. The average Bonchev–Trinajstić information content (AvgIpc) is 2.94. The van der Waals surface area contributed by atoms with Crippen LogP contribution in [-0.4, -0.2) is 35.8 Å². The molecular weight excluding hydrogens is 254 g/mol. The fourth-order valence-electron chi connectivity index (χ4n) is 1.20. The molecule has 0 aliphatic carbocycles. The topological polar surface area (TPSA) is 53.9 Å². The molecule has 2 aromatic rings. The molecule has 0 spiro atoms. The molecule has 0 fully saturated rings. The highest BCUT2D eigenvalue weighted by Gasteiger charge is 2.10. The van der Waals surface area contributed by atoms with Gasteiger partial charge in [0.25, 0.3) is 0 Å². The first-order valence-corrected chi connectivity index (χ1v) is 7.05. The van der Waals surface area contributed by atoms with Crippen LogP contribution in [-0.2, 0) is 0 Å². The van der Waals surface area contributed by atoms with Gasteiger partial charge in [-0.2, -0.15) is 0 Å². The molecule has 2 rings (SSSR count). The molecular formula is C10H15N5S2. The summed E-state index contributed by atoms with van der Waals surface area (Å²) in [4.78, 5) is 7.38. The molecule has 17 heavy (non-hydrogen) atoms. The van der Waals surface area contributed by atoms with Gasteiger partial charge in [-0.05, 0) is 6.42 Å². The molecule has 0 saturated heterocycles. The summed E-state index contributed by atoms with van der Waals surface area (Å²) in [5.41, 5.74) is 0. The third-order valence-corrected chi connectivity index (χ3v) is 4.25. The zero-order chi connectivity index (χ0) is 12.3. The third-order valence-electron chi connectivity index (χ3n) is 2.04. The van der Waals surface area contributed by atoms with Crippen molar-refractivity contribution in [1.29, 1.82) is 0 Å². The summed E-state index contributed by atoms with van der Waals surface area (Å²) in [5.74, 6) is 0. The standard InChI is InChI=1S/C10H15N5S2/c1-4-5-11-9-14-13-8(17-9)7-6-12-10(16-7)15(2)3/h6H,4-5H2,1-3H3,(H,11,14). The minimum Gasteiger partial charge on any atom is -0.360 e. The zero-order valence-electron chi connectivity index (χ0n) is 10.1. The van der Waals surface area contributed by atoms with E-state index < -0.39 is 0 Å². The second kappa shape index (κ2) is 5.42. The van der Waals surface area contributed by atoms with Gasteiger partial charge in [0.15, 0.2) is 10.1 Å². The second-order valence-corrected chi connectivity index (χ2v) is 5.73. The van der Waals surface area contributed by atoms with Crippen LogP contribution in [0.25, 0.3) is 9.88 Å². The van der Waals surface area contributed by atoms with E-state index in [1.807, 2.05) is 25.2 Å². The summed E-state index contributed by atoms with van der Waals surface area (Å²) in [7, 11) is 3.97. The van der Waals surface area contributed by atoms with Crippen molar-refractivity contribution in [3.8, 4) is 9.88 Å². The van der Waals surface area contributed by atoms with E-state index in [0.717, 1.165) is 33.1 Å². The maximum absolute atomic E-state index is 4.33. The number of thiazole rings is 1. The lowest BCUT2D eigenvalue weighted by Gasteiger charge is -2.04. The molecule has 2 heterocycles. The van der Waals surface area contributed by atoms with Crippen molar-refractivity contribution in [2.24, 2.45) is 0 Å². The highest BCUT2D eigenvalue weighted by atomic mass is 32.1. The molecule has 0 unspecified atom stereocenters. The van der Waals surface area contributed by atoms with Gasteiger partial charge in [-0.25, -0.2) is 4.98 Å². The van der Waals surface area contributed by atoms with Gasteiger partial charge in [0.05, 0.1) is 11.1 Å². The van der Waals surface area contributed by atoms with Gasteiger partial charge < -0.3 is 10.2 Å². The monoisotopic (exact) mass is 269 g/mol. The van der Waals surface area contributed by atoms with Crippen molar-refractivity contribution in [1.82, 2.24) is 15.2 Å². The average molecular weight is 269 g/mol. The van der Waals surface area contributed by atoms with Crippen LogP contribution < -0.4 is 10.2 Å². The second-order valence-electron chi connectivity index (χ2n) is 3.74. The van der Waals surface area contributed by atoms with E-state index in [0.29, 0.717) is 0 Å². The molecule has 7 heteroatoms. The van der Waals surface area contributed by atoms with Crippen LogP contribution in [0.5, 0.6) is 0 Å². The van der Waals surface area contributed by atoms with Gasteiger partial charge in [0.1, 0.15) is 0 Å². The SMILES string of the molecule is CCCNc1nnc(-c2cnc(N(C)C)s2)s1. The molecule has 0 amide bonds. The number of anilines is 2. The first-order valence-electron chi connectivity index (χ1n) is 5.41. The van der Waals surface area contributed by atoms with Gasteiger partial charge in [-0.15, -0.1) is 10.2 Å². The Kier molecular flexibility index (Phi) is 3.90. The Hall–Kier alpha value is -1.21. The summed E-state index contributed by atoms with van der Waals surface area (Å²) in [6.45, 7) is 3.06. The molecule has 0 aromatic carbocycles. The molecule has 0 saturated carbocycles. The number of hydrogen-bond acceptors (Lipinski definition) is 7. The fraction of sp³-hybridized carbons (Fsp3) is 0.500. The van der Waals surface area contributed by atoms with E-state index in [4.69, 9.17) is 0 Å². The zero-order valence-corrected chi connectivity index (χ0v) is 11.7. The van der Waals surface area contributed by atoms with Crippen LogP contribution in [0.1, 0.15) is 13.3 Å². The molecule has 0 bridgehead atoms. The highest BCUT2D eigenvalue weighted by Crippen LogP contribution is 2.33. The Morgan fingerprint density at radius 3 is 2.76 bits per heavy atom. The Morgan fingerprint density at radius 1 is 1.29 bits per heavy atom. The van der Waals surface area contributed by atoms with Crippen molar-refractivity contribution >= 4 is 32.9 Å². The Bertz CT molecular complexity index is 477. The lowest BCUT2D eigenvalue weighted by atomic mass is 10.5. The first-order chi connectivity index (χ1) is 8.20. The van der Waals surface area contributed by atoms with Crippen molar-refractivity contribution in [2.75, 3.05) is 30.9 Å². The summed E-state index contributed by atoms with van der Waals surface area (Å²) < 4.78 is 0. The van der Waals surface area contributed by atoms with E-state index in [1.54, 1.807) is 22.7 Å². The third kappa shape index (κ3) is 2.92. The van der Waals surface area contributed by atoms with Gasteiger partial charge >= 0.3 is 0 Å². The van der Waals surface area contributed by atoms with Crippen LogP contribution in [0.4, 0.5) is 10.3 Å². The van der Waals surface area contributed by atoms with Gasteiger partial charge in [0, 0.05) is 20.6 Å². The first kappa shape index (κ1) is 12.3. The predicted octanol–water partition coefficient (Wildman–Crippen LogP) is 2.55. The molecule has 5 nitrogen and oxygen atoms in total. The normalized spacial score (nSPS) is 10.5. The number of aromatic nitrogens is 3. The summed E-state index contributed by atoms with van der Waals surface area (Å²) in [5, 5.41) is 14.3. The van der Waals surface area contributed by atoms with Crippen LogP contribution in [0, 0.1) is 0 Å². The minimum atomic E-state index is 0.877. The van der Waals surface area contributed by atoms with Crippen molar-refractivity contribution in [2.45, 2.75) is 13.3 Å². The van der Waals surface area contributed by atoms with Crippen LogP contribution in [0.15, 0.2) is 6.20 Å². The molecule has 1 N–H and O–H groups in total. The van der Waals surface area contributed by atoms with Crippen molar-refractivity contribution in [3.05, 3.63) is 6.20 Å². The number of nitrogens with one attached hydrogen (secondary N) is 1. The van der Waals surface area contributed by atoms with E-state index >= 15 is 0 Å². The molecule has 2 aromatic heterocycles. The highest BCUT2D eigenvalue weighted by molar-refractivity contribution is 7.25. The molecule has 0 radical (unpaired) electrons. The van der Waals surface area contributed by atoms with E-state index in [1.165, 1.54) is 0 Å². The van der Waals surface area contributed by atoms with Gasteiger partial charge in [-0.3, -0.25) is 0 Å². The Labute approximate surface area is 109 Å². The van der Waals surface area contributed by atoms with Crippen molar-refractivity contribution < 1.29 is 0 Å².